The molecule has 0 saturated heterocycles. The highest BCUT2D eigenvalue weighted by atomic mass is 16.5. The molecule has 8 nitrogen and oxygen atoms in total. The zero-order valence-corrected chi connectivity index (χ0v) is 16.4. The van der Waals surface area contributed by atoms with E-state index in [4.69, 9.17) is 14.6 Å². The highest BCUT2D eigenvalue weighted by molar-refractivity contribution is 5.98. The number of carboxylic acid groups (broad SMARTS) is 1. The lowest BCUT2D eigenvalue weighted by atomic mass is 10.0. The van der Waals surface area contributed by atoms with Crippen LogP contribution in [0.4, 0.5) is 0 Å². The number of ether oxygens (including phenoxy) is 2. The third kappa shape index (κ3) is 6.47. The molecule has 1 aromatic carbocycles. The van der Waals surface area contributed by atoms with Crippen LogP contribution in [0.1, 0.15) is 37.6 Å². The van der Waals surface area contributed by atoms with E-state index >= 15 is 0 Å². The molecule has 0 aliphatic rings. The number of carbonyl (C=O) groups is 3. The van der Waals surface area contributed by atoms with Crippen molar-refractivity contribution in [3.05, 3.63) is 23.8 Å². The molecule has 0 saturated carbocycles. The van der Waals surface area contributed by atoms with Crippen LogP contribution in [-0.2, 0) is 9.59 Å². The smallest absolute Gasteiger partial charge is 0.305 e. The third-order valence-corrected chi connectivity index (χ3v) is 4.12. The number of aliphatic carboxylic acids is 1. The Labute approximate surface area is 159 Å². The molecule has 2 N–H and O–H groups in total. The zero-order valence-electron chi connectivity index (χ0n) is 16.4. The van der Waals surface area contributed by atoms with Gasteiger partial charge in [-0.15, -0.1) is 0 Å². The number of amides is 2. The van der Waals surface area contributed by atoms with Crippen molar-refractivity contribution in [3.63, 3.8) is 0 Å². The number of carbonyl (C=O) groups excluding carboxylic acids is 2. The van der Waals surface area contributed by atoms with E-state index in [9.17, 15) is 14.4 Å². The van der Waals surface area contributed by atoms with Gasteiger partial charge in [0.1, 0.15) is 17.5 Å². The summed E-state index contributed by atoms with van der Waals surface area (Å²) < 4.78 is 10.3. The molecule has 0 heterocycles. The average molecular weight is 380 g/mol. The van der Waals surface area contributed by atoms with Crippen LogP contribution in [-0.4, -0.2) is 61.1 Å². The average Bonchev–Trinajstić information content (AvgIpc) is 2.64. The predicted molar refractivity (Wildman–Crippen MR) is 100 cm³/mol. The van der Waals surface area contributed by atoms with Gasteiger partial charge in [-0.25, -0.2) is 0 Å². The Kier molecular flexibility index (Phi) is 8.58. The lowest BCUT2D eigenvalue weighted by Gasteiger charge is -2.28. The fourth-order valence-electron chi connectivity index (χ4n) is 2.53. The molecule has 1 unspecified atom stereocenters. The molecule has 0 fully saturated rings. The lowest BCUT2D eigenvalue weighted by Crippen LogP contribution is -2.51. The van der Waals surface area contributed by atoms with Crippen LogP contribution in [0.2, 0.25) is 0 Å². The highest BCUT2D eigenvalue weighted by Gasteiger charge is 2.28. The summed E-state index contributed by atoms with van der Waals surface area (Å²) in [5.74, 6) is -0.972. The van der Waals surface area contributed by atoms with Gasteiger partial charge in [0.15, 0.2) is 0 Å². The molecule has 0 aromatic heterocycles. The SMILES string of the molecule is CCN(CCC(=O)O)C(=O)C(NC(=O)c1cc(OC)cc(OC)c1)C(C)C. The number of benzene rings is 1. The Balaban J connectivity index is 3.00. The van der Waals surface area contributed by atoms with E-state index < -0.39 is 17.9 Å². The van der Waals surface area contributed by atoms with Gasteiger partial charge in [-0.05, 0) is 25.0 Å². The van der Waals surface area contributed by atoms with Crippen LogP contribution < -0.4 is 14.8 Å². The summed E-state index contributed by atoms with van der Waals surface area (Å²) in [6.45, 7) is 5.86. The quantitative estimate of drug-likeness (QED) is 0.641. The van der Waals surface area contributed by atoms with Gasteiger partial charge in [0, 0.05) is 24.7 Å². The first-order chi connectivity index (χ1) is 12.7. The number of methoxy groups -OCH3 is 2. The number of carboxylic acids is 1. The topological polar surface area (TPSA) is 105 Å². The number of nitrogens with zero attached hydrogens (tertiary/aromatic N) is 1. The number of likely N-dealkylation sites (N-methyl/N-ethyl adjacent to an activating group) is 1. The van der Waals surface area contributed by atoms with E-state index in [0.29, 0.717) is 23.6 Å². The summed E-state index contributed by atoms with van der Waals surface area (Å²) >= 11 is 0. The normalized spacial score (nSPS) is 11.6. The minimum Gasteiger partial charge on any atom is -0.497 e. The van der Waals surface area contributed by atoms with Gasteiger partial charge >= 0.3 is 5.97 Å². The predicted octanol–water partition coefficient (Wildman–Crippen LogP) is 1.78. The van der Waals surface area contributed by atoms with E-state index in [1.54, 1.807) is 25.1 Å². The van der Waals surface area contributed by atoms with Gasteiger partial charge in [-0.1, -0.05) is 13.8 Å². The van der Waals surface area contributed by atoms with Crippen LogP contribution in [0.5, 0.6) is 11.5 Å². The maximum atomic E-state index is 12.8. The molecule has 150 valence electrons. The largest absolute Gasteiger partial charge is 0.497 e. The summed E-state index contributed by atoms with van der Waals surface area (Å²) in [5.41, 5.74) is 0.304. The molecular weight excluding hydrogens is 352 g/mol. The molecule has 8 heteroatoms. The Bertz CT molecular complexity index is 652. The summed E-state index contributed by atoms with van der Waals surface area (Å²) in [6, 6.07) is 3.99. The van der Waals surface area contributed by atoms with Crippen molar-refractivity contribution >= 4 is 17.8 Å². The molecule has 1 atom stereocenters. The monoisotopic (exact) mass is 380 g/mol. The first-order valence-corrected chi connectivity index (χ1v) is 8.77. The minimum absolute atomic E-state index is 0.0940. The van der Waals surface area contributed by atoms with Crippen molar-refractivity contribution < 1.29 is 29.0 Å². The number of rotatable bonds is 10. The molecule has 0 spiro atoms. The van der Waals surface area contributed by atoms with E-state index in [1.165, 1.54) is 19.1 Å². The van der Waals surface area contributed by atoms with Gasteiger partial charge < -0.3 is 24.8 Å². The van der Waals surface area contributed by atoms with Crippen LogP contribution in [0.3, 0.4) is 0 Å². The van der Waals surface area contributed by atoms with Crippen molar-refractivity contribution in [1.82, 2.24) is 10.2 Å². The van der Waals surface area contributed by atoms with Gasteiger partial charge in [-0.2, -0.15) is 0 Å². The number of hydrogen-bond acceptors (Lipinski definition) is 5. The van der Waals surface area contributed by atoms with Gasteiger partial charge in [0.05, 0.1) is 20.6 Å². The molecule has 0 aliphatic heterocycles. The van der Waals surface area contributed by atoms with Crippen LogP contribution in [0.25, 0.3) is 0 Å². The van der Waals surface area contributed by atoms with Crippen molar-refractivity contribution in [2.75, 3.05) is 27.3 Å². The summed E-state index contributed by atoms with van der Waals surface area (Å²) in [7, 11) is 2.97. The molecule has 0 radical (unpaired) electrons. The molecular formula is C19H28N2O6. The van der Waals surface area contributed by atoms with E-state index in [2.05, 4.69) is 5.32 Å². The lowest BCUT2D eigenvalue weighted by molar-refractivity contribution is -0.139. The number of hydrogen-bond donors (Lipinski definition) is 2. The maximum absolute atomic E-state index is 12.8. The standard InChI is InChI=1S/C19H28N2O6/c1-6-21(8-7-16(22)23)19(25)17(12(2)3)20-18(24)13-9-14(26-4)11-15(10-13)27-5/h9-12,17H,6-8H2,1-5H3,(H,20,24)(H,22,23). The Morgan fingerprint density at radius 2 is 1.67 bits per heavy atom. The third-order valence-electron chi connectivity index (χ3n) is 4.12. The Morgan fingerprint density at radius 3 is 2.07 bits per heavy atom. The second-order valence-corrected chi connectivity index (χ2v) is 6.36. The zero-order chi connectivity index (χ0) is 20.6. The second kappa shape index (κ2) is 10.4. The fraction of sp³-hybridized carbons (Fsp3) is 0.526. The minimum atomic E-state index is -0.977. The molecule has 27 heavy (non-hydrogen) atoms. The van der Waals surface area contributed by atoms with Gasteiger partial charge in [0.25, 0.3) is 5.91 Å². The van der Waals surface area contributed by atoms with Crippen molar-refractivity contribution in [2.45, 2.75) is 33.2 Å². The molecule has 0 bridgehead atoms. The number of nitrogens with one attached hydrogen (secondary N) is 1. The summed E-state index contributed by atoms with van der Waals surface area (Å²) in [4.78, 5) is 37.7. The van der Waals surface area contributed by atoms with Crippen molar-refractivity contribution in [1.29, 1.82) is 0 Å². The molecule has 1 aromatic rings. The second-order valence-electron chi connectivity index (χ2n) is 6.36. The first-order valence-electron chi connectivity index (χ1n) is 8.77. The van der Waals surface area contributed by atoms with Gasteiger partial charge in [0.2, 0.25) is 5.91 Å². The van der Waals surface area contributed by atoms with Crippen molar-refractivity contribution in [3.8, 4) is 11.5 Å². The highest BCUT2D eigenvalue weighted by Crippen LogP contribution is 2.22. The van der Waals surface area contributed by atoms with E-state index in [0.717, 1.165) is 0 Å². The first kappa shape index (κ1) is 22.3. The molecule has 1 rings (SSSR count). The maximum Gasteiger partial charge on any atom is 0.305 e. The van der Waals surface area contributed by atoms with Crippen LogP contribution in [0.15, 0.2) is 18.2 Å². The van der Waals surface area contributed by atoms with Crippen molar-refractivity contribution in [2.24, 2.45) is 5.92 Å². The van der Waals surface area contributed by atoms with Crippen LogP contribution >= 0.6 is 0 Å². The summed E-state index contributed by atoms with van der Waals surface area (Å²) in [5, 5.41) is 11.6. The summed E-state index contributed by atoms with van der Waals surface area (Å²) in [6.07, 6.45) is -0.147. The fourth-order valence-corrected chi connectivity index (χ4v) is 2.53. The Morgan fingerprint density at radius 1 is 1.11 bits per heavy atom. The molecule has 0 aliphatic carbocycles. The van der Waals surface area contributed by atoms with E-state index in [1.807, 2.05) is 13.8 Å². The Hall–Kier alpha value is -2.77. The van der Waals surface area contributed by atoms with Gasteiger partial charge in [-0.3, -0.25) is 14.4 Å². The van der Waals surface area contributed by atoms with E-state index in [-0.39, 0.29) is 24.8 Å². The molecule has 2 amide bonds. The van der Waals surface area contributed by atoms with Crippen LogP contribution in [0, 0.1) is 5.92 Å².